The Kier molecular flexibility index (Phi) is 6.14. The molecule has 25 heavy (non-hydrogen) atoms. The Morgan fingerprint density at radius 3 is 2.76 bits per heavy atom. The quantitative estimate of drug-likeness (QED) is 0.821. The van der Waals surface area contributed by atoms with Gasteiger partial charge in [-0.1, -0.05) is 29.7 Å². The molecule has 8 heteroatoms. The molecule has 0 radical (unpaired) electrons. The van der Waals surface area contributed by atoms with Crippen molar-refractivity contribution in [3.05, 3.63) is 40.4 Å². The van der Waals surface area contributed by atoms with Gasteiger partial charge < -0.3 is 15.2 Å². The van der Waals surface area contributed by atoms with Crippen LogP contribution in [-0.2, 0) is 4.79 Å². The second-order valence-electron chi connectivity index (χ2n) is 5.55. The topological polar surface area (TPSA) is 84.2 Å². The molecule has 0 aliphatic heterocycles. The summed E-state index contributed by atoms with van der Waals surface area (Å²) in [6, 6.07) is 3.39. The summed E-state index contributed by atoms with van der Waals surface area (Å²) in [5.41, 5.74) is 0.0238. The number of halogens is 2. The summed E-state index contributed by atoms with van der Waals surface area (Å²) in [5.74, 6) is -1.32. The smallest absolute Gasteiger partial charge is 0.257 e. The molecule has 2 aromatic rings. The van der Waals surface area contributed by atoms with Gasteiger partial charge in [0.2, 0.25) is 5.91 Å². The molecule has 0 aliphatic rings. The lowest BCUT2D eigenvalue weighted by molar-refractivity contribution is -0.122. The van der Waals surface area contributed by atoms with E-state index in [1.807, 2.05) is 6.92 Å². The molecule has 1 atom stereocenters. The van der Waals surface area contributed by atoms with Gasteiger partial charge in [0.25, 0.3) is 5.91 Å². The molecule has 0 saturated heterocycles. The fourth-order valence-electron chi connectivity index (χ4n) is 2.27. The van der Waals surface area contributed by atoms with Gasteiger partial charge in [-0.2, -0.15) is 0 Å². The highest BCUT2D eigenvalue weighted by Crippen LogP contribution is 2.33. The maximum absolute atomic E-state index is 14.2. The normalized spacial score (nSPS) is 11.9. The van der Waals surface area contributed by atoms with Gasteiger partial charge in [0, 0.05) is 6.54 Å². The van der Waals surface area contributed by atoms with Crippen molar-refractivity contribution >= 4 is 23.4 Å². The van der Waals surface area contributed by atoms with Crippen molar-refractivity contribution in [1.29, 1.82) is 0 Å². The number of nitrogens with one attached hydrogen (secondary N) is 2. The van der Waals surface area contributed by atoms with Crippen LogP contribution in [0.4, 0.5) is 4.39 Å². The lowest BCUT2D eigenvalue weighted by Crippen LogP contribution is -2.45. The van der Waals surface area contributed by atoms with Crippen LogP contribution in [0.25, 0.3) is 11.3 Å². The Bertz CT molecular complexity index is 771. The lowest BCUT2D eigenvalue weighted by Gasteiger charge is -2.14. The van der Waals surface area contributed by atoms with Crippen molar-refractivity contribution in [3.63, 3.8) is 0 Å². The van der Waals surface area contributed by atoms with E-state index in [9.17, 15) is 14.0 Å². The predicted molar refractivity (Wildman–Crippen MR) is 91.9 cm³/mol. The molecule has 1 aromatic heterocycles. The molecular weight excluding hydrogens is 349 g/mol. The van der Waals surface area contributed by atoms with Crippen molar-refractivity contribution in [3.8, 4) is 11.3 Å². The number of hydrogen-bond acceptors (Lipinski definition) is 4. The molecule has 2 rings (SSSR count). The minimum Gasteiger partial charge on any atom is -0.360 e. The Balaban J connectivity index is 2.30. The lowest BCUT2D eigenvalue weighted by atomic mass is 10.0. The highest BCUT2D eigenvalue weighted by molar-refractivity contribution is 6.33. The van der Waals surface area contributed by atoms with Crippen molar-refractivity contribution in [1.82, 2.24) is 15.8 Å². The van der Waals surface area contributed by atoms with E-state index in [1.54, 1.807) is 6.92 Å². The average molecular weight is 368 g/mol. The highest BCUT2D eigenvalue weighted by atomic mass is 35.5. The second kappa shape index (κ2) is 8.11. The number of amides is 2. The van der Waals surface area contributed by atoms with E-state index in [2.05, 4.69) is 15.8 Å². The Morgan fingerprint density at radius 1 is 1.40 bits per heavy atom. The summed E-state index contributed by atoms with van der Waals surface area (Å²) >= 11 is 6.05. The van der Waals surface area contributed by atoms with Crippen LogP contribution in [0.1, 0.15) is 36.4 Å². The zero-order chi connectivity index (χ0) is 18.6. The van der Waals surface area contributed by atoms with Crippen LogP contribution in [0, 0.1) is 12.7 Å². The minimum absolute atomic E-state index is 0.000679. The maximum Gasteiger partial charge on any atom is 0.257 e. The molecule has 1 heterocycles. The molecule has 134 valence electrons. The van der Waals surface area contributed by atoms with E-state index in [0.29, 0.717) is 6.54 Å². The molecule has 0 bridgehead atoms. The molecule has 1 aromatic carbocycles. The van der Waals surface area contributed by atoms with E-state index < -0.39 is 17.8 Å². The third kappa shape index (κ3) is 4.17. The van der Waals surface area contributed by atoms with Crippen molar-refractivity contribution in [2.45, 2.75) is 33.2 Å². The van der Waals surface area contributed by atoms with Gasteiger partial charge in [0.05, 0.1) is 10.6 Å². The zero-order valence-corrected chi connectivity index (χ0v) is 14.9. The molecule has 0 aliphatic carbocycles. The Labute approximate surface area is 149 Å². The van der Waals surface area contributed by atoms with E-state index in [-0.39, 0.29) is 33.5 Å². The molecule has 2 N–H and O–H groups in total. The summed E-state index contributed by atoms with van der Waals surface area (Å²) in [5, 5.41) is 9.13. The van der Waals surface area contributed by atoms with Gasteiger partial charge in [-0.05, 0) is 32.4 Å². The third-order valence-electron chi connectivity index (χ3n) is 3.58. The first kappa shape index (κ1) is 18.9. The van der Waals surface area contributed by atoms with Gasteiger partial charge >= 0.3 is 0 Å². The van der Waals surface area contributed by atoms with Gasteiger partial charge in [-0.15, -0.1) is 0 Å². The van der Waals surface area contributed by atoms with Crippen molar-refractivity contribution in [2.75, 3.05) is 6.54 Å². The molecule has 0 fully saturated rings. The molecular formula is C17H19ClFN3O3. The van der Waals surface area contributed by atoms with Crippen LogP contribution in [0.3, 0.4) is 0 Å². The number of aromatic nitrogens is 1. The fraction of sp³-hybridized carbons (Fsp3) is 0.353. The zero-order valence-electron chi connectivity index (χ0n) is 14.2. The van der Waals surface area contributed by atoms with Gasteiger partial charge in [-0.3, -0.25) is 9.59 Å². The van der Waals surface area contributed by atoms with Crippen LogP contribution in [-0.4, -0.2) is 29.6 Å². The molecule has 0 spiro atoms. The van der Waals surface area contributed by atoms with Gasteiger partial charge in [0.1, 0.15) is 28.9 Å². The average Bonchev–Trinajstić information content (AvgIpc) is 2.93. The monoisotopic (exact) mass is 367 g/mol. The van der Waals surface area contributed by atoms with E-state index in [4.69, 9.17) is 16.1 Å². The van der Waals surface area contributed by atoms with E-state index in [0.717, 1.165) is 6.42 Å². The van der Waals surface area contributed by atoms with Gasteiger partial charge in [-0.25, -0.2) is 4.39 Å². The maximum atomic E-state index is 14.2. The van der Waals surface area contributed by atoms with E-state index in [1.165, 1.54) is 25.1 Å². The number of hydrogen-bond donors (Lipinski definition) is 2. The number of aryl methyl sites for hydroxylation is 1. The van der Waals surface area contributed by atoms with Crippen molar-refractivity contribution in [2.24, 2.45) is 0 Å². The predicted octanol–water partition coefficient (Wildman–Crippen LogP) is 3.09. The van der Waals surface area contributed by atoms with Gasteiger partial charge in [0.15, 0.2) is 0 Å². The Morgan fingerprint density at radius 2 is 2.12 bits per heavy atom. The second-order valence-corrected chi connectivity index (χ2v) is 5.95. The van der Waals surface area contributed by atoms with Crippen LogP contribution in [0.5, 0.6) is 0 Å². The standard InChI is InChI=1S/C17H19ClFN3O3/c1-4-8-20-16(23)9(2)21-17(24)13-10(3)25-22-15(13)14-11(18)6-5-7-12(14)19/h5-7,9H,4,8H2,1-3H3,(H,20,23)(H,21,24)/t9-/m1/s1. The minimum atomic E-state index is -0.766. The number of nitrogens with zero attached hydrogens (tertiary/aromatic N) is 1. The highest BCUT2D eigenvalue weighted by Gasteiger charge is 2.27. The summed E-state index contributed by atoms with van der Waals surface area (Å²) < 4.78 is 19.2. The SMILES string of the molecule is CCCNC(=O)[C@@H](C)NC(=O)c1c(-c2c(F)cccc2Cl)noc1C. The van der Waals surface area contributed by atoms with Crippen molar-refractivity contribution < 1.29 is 18.5 Å². The number of carbonyl (C=O) groups excluding carboxylic acids is 2. The summed E-state index contributed by atoms with van der Waals surface area (Å²) in [7, 11) is 0. The van der Waals surface area contributed by atoms with Crippen LogP contribution in [0.2, 0.25) is 5.02 Å². The number of rotatable bonds is 6. The van der Waals surface area contributed by atoms with E-state index >= 15 is 0 Å². The Hall–Kier alpha value is -2.41. The fourth-order valence-corrected chi connectivity index (χ4v) is 2.52. The first-order valence-electron chi connectivity index (χ1n) is 7.86. The number of carbonyl (C=O) groups is 2. The first-order valence-corrected chi connectivity index (χ1v) is 8.23. The first-order chi connectivity index (χ1) is 11.9. The summed E-state index contributed by atoms with van der Waals surface area (Å²) in [6.07, 6.45) is 0.785. The largest absolute Gasteiger partial charge is 0.360 e. The van der Waals surface area contributed by atoms with Crippen LogP contribution < -0.4 is 10.6 Å². The molecule has 0 unspecified atom stereocenters. The summed E-state index contributed by atoms with van der Waals surface area (Å²) in [6.45, 7) is 5.53. The number of benzene rings is 1. The molecule has 2 amide bonds. The third-order valence-corrected chi connectivity index (χ3v) is 3.89. The summed E-state index contributed by atoms with van der Waals surface area (Å²) in [4.78, 5) is 24.5. The van der Waals surface area contributed by atoms with Crippen LogP contribution in [0.15, 0.2) is 22.7 Å². The molecule has 0 saturated carbocycles. The van der Waals surface area contributed by atoms with Crippen LogP contribution >= 0.6 is 11.6 Å². The molecule has 6 nitrogen and oxygen atoms in total.